The molecule has 0 saturated carbocycles. The monoisotopic (exact) mass is 430 g/mol. The summed E-state index contributed by atoms with van der Waals surface area (Å²) < 4.78 is 5.07. The third kappa shape index (κ3) is 5.26. The van der Waals surface area contributed by atoms with E-state index in [0.29, 0.717) is 18.1 Å². The second-order valence-corrected chi connectivity index (χ2v) is 8.47. The van der Waals surface area contributed by atoms with Crippen LogP contribution in [0.25, 0.3) is 16.7 Å². The zero-order valence-electron chi connectivity index (χ0n) is 17.8. The molecule has 1 atom stereocenters. The summed E-state index contributed by atoms with van der Waals surface area (Å²) in [6, 6.07) is 24.6. The van der Waals surface area contributed by atoms with Crippen molar-refractivity contribution < 1.29 is 9.53 Å². The van der Waals surface area contributed by atoms with E-state index < -0.39 is 0 Å². The fraction of sp³-hybridized carbons (Fsp3) is 0.250. The van der Waals surface area contributed by atoms with Gasteiger partial charge in [-0.2, -0.15) is 0 Å². The second kappa shape index (κ2) is 9.98. The third-order valence-corrected chi connectivity index (χ3v) is 6.22. The van der Waals surface area contributed by atoms with Crippen molar-refractivity contribution in [3.05, 3.63) is 101 Å². The van der Waals surface area contributed by atoms with Crippen LogP contribution in [0.15, 0.2) is 78.9 Å². The van der Waals surface area contributed by atoms with Crippen LogP contribution >= 0.6 is 11.6 Å². The Morgan fingerprint density at radius 3 is 2.35 bits per heavy atom. The fourth-order valence-corrected chi connectivity index (χ4v) is 4.42. The number of hydrogen-bond donors (Lipinski definition) is 0. The lowest BCUT2D eigenvalue weighted by atomic mass is 9.82. The maximum absolute atomic E-state index is 11.9. The van der Waals surface area contributed by atoms with Crippen molar-refractivity contribution in [2.75, 3.05) is 6.61 Å². The number of halogens is 1. The van der Waals surface area contributed by atoms with Gasteiger partial charge in [0.15, 0.2) is 0 Å². The average Bonchev–Trinajstić information content (AvgIpc) is 2.81. The minimum absolute atomic E-state index is 0.258. The first-order valence-corrected chi connectivity index (χ1v) is 11.3. The zero-order valence-corrected chi connectivity index (χ0v) is 18.6. The number of benzene rings is 3. The van der Waals surface area contributed by atoms with Crippen molar-refractivity contribution in [1.29, 1.82) is 0 Å². The molecule has 0 radical (unpaired) electrons. The lowest BCUT2D eigenvalue weighted by Crippen LogP contribution is -2.09. The molecule has 0 amide bonds. The van der Waals surface area contributed by atoms with E-state index >= 15 is 0 Å². The molecule has 1 unspecified atom stereocenters. The van der Waals surface area contributed by atoms with E-state index in [0.717, 1.165) is 24.3 Å². The Hall–Kier alpha value is -2.84. The van der Waals surface area contributed by atoms with E-state index in [1.165, 1.54) is 34.2 Å². The molecule has 158 valence electrons. The number of allylic oxidation sites excluding steroid dienone is 2. The molecule has 0 N–H and O–H groups in total. The number of hydrogen-bond acceptors (Lipinski definition) is 2. The molecule has 2 nitrogen and oxygen atoms in total. The van der Waals surface area contributed by atoms with E-state index in [1.807, 2.05) is 43.3 Å². The number of esters is 1. The van der Waals surface area contributed by atoms with Crippen LogP contribution in [0, 0.1) is 5.92 Å². The highest BCUT2D eigenvalue weighted by atomic mass is 35.5. The average molecular weight is 431 g/mol. The van der Waals surface area contributed by atoms with Gasteiger partial charge >= 0.3 is 5.97 Å². The Labute approximate surface area is 189 Å². The Morgan fingerprint density at radius 2 is 1.68 bits per heavy atom. The molecule has 0 spiro atoms. The van der Waals surface area contributed by atoms with Gasteiger partial charge in [0.05, 0.1) is 12.2 Å². The minimum atomic E-state index is -0.258. The van der Waals surface area contributed by atoms with Gasteiger partial charge in [0.2, 0.25) is 0 Å². The molecule has 31 heavy (non-hydrogen) atoms. The van der Waals surface area contributed by atoms with Gasteiger partial charge in [0.1, 0.15) is 0 Å². The summed E-state index contributed by atoms with van der Waals surface area (Å²) in [5.74, 6) is 0.377. The van der Waals surface area contributed by atoms with Crippen LogP contribution < -0.4 is 0 Å². The molecule has 0 saturated heterocycles. The summed E-state index contributed by atoms with van der Waals surface area (Å²) in [6.45, 7) is 2.22. The molecule has 3 heteroatoms. The highest BCUT2D eigenvalue weighted by molar-refractivity contribution is 6.30. The molecule has 0 fully saturated rings. The van der Waals surface area contributed by atoms with Gasteiger partial charge in [-0.3, -0.25) is 0 Å². The summed E-state index contributed by atoms with van der Waals surface area (Å²) in [4.78, 5) is 11.9. The molecule has 0 aliphatic heterocycles. The highest BCUT2D eigenvalue weighted by Gasteiger charge is 2.18. The smallest absolute Gasteiger partial charge is 0.338 e. The molecule has 0 bridgehead atoms. The lowest BCUT2D eigenvalue weighted by molar-refractivity contribution is 0.0526. The summed E-state index contributed by atoms with van der Waals surface area (Å²) in [7, 11) is 0. The first-order chi connectivity index (χ1) is 15.1. The molecule has 0 aromatic heterocycles. The molecule has 4 rings (SSSR count). The first kappa shape index (κ1) is 21.4. The summed E-state index contributed by atoms with van der Waals surface area (Å²) in [6.07, 6.45) is 6.75. The van der Waals surface area contributed by atoms with Crippen molar-refractivity contribution in [2.45, 2.75) is 32.6 Å². The van der Waals surface area contributed by atoms with Crippen molar-refractivity contribution in [1.82, 2.24) is 0 Å². The third-order valence-electron chi connectivity index (χ3n) is 5.97. The van der Waals surface area contributed by atoms with E-state index in [4.69, 9.17) is 16.3 Å². The lowest BCUT2D eigenvalue weighted by Gasteiger charge is -2.23. The number of carbonyl (C=O) groups excluding carboxylic acids is 1. The topological polar surface area (TPSA) is 26.3 Å². The van der Waals surface area contributed by atoms with Gasteiger partial charge in [-0.1, -0.05) is 66.2 Å². The number of carbonyl (C=O) groups is 1. The molecule has 1 aliphatic rings. The van der Waals surface area contributed by atoms with Crippen LogP contribution in [0.3, 0.4) is 0 Å². The Morgan fingerprint density at radius 1 is 0.968 bits per heavy atom. The SMILES string of the molecule is CCOC(=O)c1ccc(C2=CCC(Cc3ccccc3-c3ccc(Cl)cc3)CC2)cc1. The van der Waals surface area contributed by atoms with E-state index in [1.54, 1.807) is 0 Å². The van der Waals surface area contributed by atoms with Crippen LogP contribution in [-0.2, 0) is 11.2 Å². The highest BCUT2D eigenvalue weighted by Crippen LogP contribution is 2.34. The van der Waals surface area contributed by atoms with Crippen molar-refractivity contribution >= 4 is 23.1 Å². The summed E-state index contributed by atoms with van der Waals surface area (Å²) >= 11 is 6.07. The predicted molar refractivity (Wildman–Crippen MR) is 128 cm³/mol. The zero-order chi connectivity index (χ0) is 21.6. The van der Waals surface area contributed by atoms with Crippen LogP contribution in [0.1, 0.15) is 47.7 Å². The molecular formula is C28H27ClO2. The molecule has 3 aromatic rings. The van der Waals surface area contributed by atoms with Crippen molar-refractivity contribution in [2.24, 2.45) is 5.92 Å². The van der Waals surface area contributed by atoms with Gasteiger partial charge < -0.3 is 4.74 Å². The first-order valence-electron chi connectivity index (χ1n) is 10.9. The Balaban J connectivity index is 1.44. The normalized spacial score (nSPS) is 15.9. The Bertz CT molecular complexity index is 1060. The van der Waals surface area contributed by atoms with Crippen LogP contribution in [-0.4, -0.2) is 12.6 Å². The van der Waals surface area contributed by atoms with Gasteiger partial charge in [-0.25, -0.2) is 4.79 Å². The molecular weight excluding hydrogens is 404 g/mol. The molecule has 0 heterocycles. The van der Waals surface area contributed by atoms with Gasteiger partial charge in [0.25, 0.3) is 0 Å². The van der Waals surface area contributed by atoms with Crippen LogP contribution in [0.2, 0.25) is 5.02 Å². The van der Waals surface area contributed by atoms with Crippen molar-refractivity contribution in [3.8, 4) is 11.1 Å². The van der Waals surface area contributed by atoms with Crippen LogP contribution in [0.4, 0.5) is 0 Å². The standard InChI is InChI=1S/C28H27ClO2/c1-2-31-28(30)24-13-11-22(12-14-24)21-9-7-20(8-10-21)19-25-5-3-4-6-27(25)23-15-17-26(29)18-16-23/h3-6,9,11-18,20H,2,7-8,10,19H2,1H3. The van der Waals surface area contributed by atoms with Crippen molar-refractivity contribution in [3.63, 3.8) is 0 Å². The van der Waals surface area contributed by atoms with E-state index in [-0.39, 0.29) is 5.97 Å². The summed E-state index contributed by atoms with van der Waals surface area (Å²) in [5.41, 5.74) is 7.09. The largest absolute Gasteiger partial charge is 0.462 e. The number of ether oxygens (including phenoxy) is 1. The van der Waals surface area contributed by atoms with E-state index in [2.05, 4.69) is 42.5 Å². The maximum atomic E-state index is 11.9. The second-order valence-electron chi connectivity index (χ2n) is 8.04. The fourth-order valence-electron chi connectivity index (χ4n) is 4.29. The molecule has 1 aliphatic carbocycles. The maximum Gasteiger partial charge on any atom is 0.338 e. The molecule has 3 aromatic carbocycles. The van der Waals surface area contributed by atoms with Gasteiger partial charge in [-0.05, 0) is 90.6 Å². The van der Waals surface area contributed by atoms with Gasteiger partial charge in [-0.15, -0.1) is 0 Å². The quantitative estimate of drug-likeness (QED) is 0.376. The van der Waals surface area contributed by atoms with E-state index in [9.17, 15) is 4.79 Å². The summed E-state index contributed by atoms with van der Waals surface area (Å²) in [5, 5.41) is 0.765. The Kier molecular flexibility index (Phi) is 6.89. The number of rotatable bonds is 6. The minimum Gasteiger partial charge on any atom is -0.462 e. The predicted octanol–water partition coefficient (Wildman–Crippen LogP) is 7.61. The van der Waals surface area contributed by atoms with Crippen LogP contribution in [0.5, 0.6) is 0 Å². The van der Waals surface area contributed by atoms with Gasteiger partial charge in [0, 0.05) is 5.02 Å².